The SMILES string of the molecule is c1ccc2c(c1)ccc1c3cccc(N(c4ccc(-c5ccc6c(c5)sc5ccccc56)cc4)c4cccc5oc6ccccc6c45)c3oc21. The second kappa shape index (κ2) is 10.6. The highest BCUT2D eigenvalue weighted by molar-refractivity contribution is 7.25. The summed E-state index contributed by atoms with van der Waals surface area (Å²) in [5.41, 5.74) is 8.90. The van der Waals surface area contributed by atoms with Gasteiger partial charge in [-0.3, -0.25) is 0 Å². The molecule has 0 amide bonds. The van der Waals surface area contributed by atoms with Gasteiger partial charge in [-0.1, -0.05) is 109 Å². The van der Waals surface area contributed by atoms with Crippen molar-refractivity contribution in [3.05, 3.63) is 164 Å². The second-order valence-corrected chi connectivity index (χ2v) is 13.9. The Morgan fingerprint density at radius 1 is 0.400 bits per heavy atom. The molecule has 0 saturated carbocycles. The van der Waals surface area contributed by atoms with Crippen LogP contribution in [0.5, 0.6) is 0 Å². The molecule has 8 aromatic carbocycles. The fourth-order valence-electron chi connectivity index (χ4n) is 7.75. The average Bonchev–Trinajstić information content (AvgIpc) is 3.87. The quantitative estimate of drug-likeness (QED) is 0.189. The standard InChI is InChI=1S/C46H27NO2S/c1-2-10-32-29(9-1)21-26-36-35-13-7-15-39(46(35)49-45(32)36)47(38-14-8-17-41-44(38)37-12-3-5-16-40(37)48-41)31-23-19-28(20-24-31)30-22-25-34-33-11-4-6-18-42(33)50-43(34)27-30/h1-27H. The van der Waals surface area contributed by atoms with Gasteiger partial charge >= 0.3 is 0 Å². The first-order valence-corrected chi connectivity index (χ1v) is 17.7. The summed E-state index contributed by atoms with van der Waals surface area (Å²) in [6, 6.07) is 58.3. The number of furan rings is 2. The highest BCUT2D eigenvalue weighted by Gasteiger charge is 2.23. The lowest BCUT2D eigenvalue weighted by atomic mass is 10.0. The van der Waals surface area contributed by atoms with Crippen LogP contribution in [0.15, 0.2) is 173 Å². The molecule has 11 rings (SSSR count). The summed E-state index contributed by atoms with van der Waals surface area (Å²) in [5, 5.41) is 9.26. The molecule has 0 saturated heterocycles. The van der Waals surface area contributed by atoms with Crippen LogP contribution in [-0.4, -0.2) is 0 Å². The van der Waals surface area contributed by atoms with E-state index in [1.165, 1.54) is 31.3 Å². The van der Waals surface area contributed by atoms with Crippen LogP contribution in [-0.2, 0) is 0 Å². The van der Waals surface area contributed by atoms with E-state index in [0.29, 0.717) is 0 Å². The molecule has 11 aromatic rings. The minimum Gasteiger partial charge on any atom is -0.456 e. The van der Waals surface area contributed by atoms with Gasteiger partial charge in [0, 0.05) is 47.4 Å². The van der Waals surface area contributed by atoms with Crippen LogP contribution < -0.4 is 4.90 Å². The third-order valence-electron chi connectivity index (χ3n) is 10.1. The normalized spacial score (nSPS) is 12.0. The van der Waals surface area contributed by atoms with E-state index in [9.17, 15) is 0 Å². The summed E-state index contributed by atoms with van der Waals surface area (Å²) in [4.78, 5) is 2.33. The van der Waals surface area contributed by atoms with Crippen molar-refractivity contribution in [3.63, 3.8) is 0 Å². The Hall–Kier alpha value is -6.36. The van der Waals surface area contributed by atoms with Gasteiger partial charge in [0.15, 0.2) is 5.58 Å². The minimum atomic E-state index is 0.850. The van der Waals surface area contributed by atoms with E-state index in [0.717, 1.165) is 71.7 Å². The van der Waals surface area contributed by atoms with Gasteiger partial charge in [-0.25, -0.2) is 0 Å². The van der Waals surface area contributed by atoms with Crippen LogP contribution in [0.1, 0.15) is 0 Å². The third-order valence-corrected chi connectivity index (χ3v) is 11.2. The Kier molecular flexibility index (Phi) is 5.83. The molecule has 0 N–H and O–H groups in total. The number of nitrogens with zero attached hydrogens (tertiary/aromatic N) is 1. The van der Waals surface area contributed by atoms with Crippen molar-refractivity contribution in [1.29, 1.82) is 0 Å². The maximum Gasteiger partial charge on any atom is 0.159 e. The van der Waals surface area contributed by atoms with Crippen LogP contribution in [0.25, 0.3) is 85.9 Å². The molecule has 0 atom stereocenters. The summed E-state index contributed by atoms with van der Waals surface area (Å²) in [6.07, 6.45) is 0. The lowest BCUT2D eigenvalue weighted by molar-refractivity contribution is 0.668. The number of benzene rings is 8. The largest absolute Gasteiger partial charge is 0.456 e. The van der Waals surface area contributed by atoms with E-state index < -0.39 is 0 Å². The van der Waals surface area contributed by atoms with E-state index in [1.54, 1.807) is 0 Å². The average molecular weight is 658 g/mol. The first kappa shape index (κ1) is 27.6. The lowest BCUT2D eigenvalue weighted by Crippen LogP contribution is -2.10. The number of para-hydroxylation sites is 2. The monoisotopic (exact) mass is 657 g/mol. The number of hydrogen-bond acceptors (Lipinski definition) is 4. The van der Waals surface area contributed by atoms with Crippen LogP contribution in [0.2, 0.25) is 0 Å². The molecule has 0 bridgehead atoms. The van der Waals surface area contributed by atoms with Crippen LogP contribution in [0.3, 0.4) is 0 Å². The number of rotatable bonds is 4. The molecule has 3 heterocycles. The second-order valence-electron chi connectivity index (χ2n) is 12.9. The van der Waals surface area contributed by atoms with Gasteiger partial charge in [-0.15, -0.1) is 11.3 Å². The fraction of sp³-hybridized carbons (Fsp3) is 0. The van der Waals surface area contributed by atoms with Gasteiger partial charge in [0.2, 0.25) is 0 Å². The molecular weight excluding hydrogens is 631 g/mol. The zero-order valence-corrected chi connectivity index (χ0v) is 27.6. The van der Waals surface area contributed by atoms with Crippen LogP contribution in [0, 0.1) is 0 Å². The van der Waals surface area contributed by atoms with Gasteiger partial charge in [0.05, 0.1) is 16.8 Å². The Bertz CT molecular complexity index is 3110. The Morgan fingerprint density at radius 3 is 1.98 bits per heavy atom. The third kappa shape index (κ3) is 4.03. The molecule has 0 aliphatic rings. The summed E-state index contributed by atoms with van der Waals surface area (Å²) < 4.78 is 15.9. The Labute approximate surface area is 290 Å². The first-order chi connectivity index (χ1) is 24.8. The van der Waals surface area contributed by atoms with E-state index in [4.69, 9.17) is 8.83 Å². The predicted molar refractivity (Wildman–Crippen MR) is 212 cm³/mol. The van der Waals surface area contributed by atoms with E-state index in [1.807, 2.05) is 23.5 Å². The number of thiophene rings is 1. The van der Waals surface area contributed by atoms with Crippen LogP contribution in [0.4, 0.5) is 17.1 Å². The summed E-state index contributed by atoms with van der Waals surface area (Å²) >= 11 is 1.85. The van der Waals surface area contributed by atoms with E-state index >= 15 is 0 Å². The molecule has 0 aliphatic heterocycles. The molecule has 4 heteroatoms. The van der Waals surface area contributed by atoms with Gasteiger partial charge in [-0.05, 0) is 71.1 Å². The molecule has 0 fully saturated rings. The Balaban J connectivity index is 1.13. The molecule has 3 aromatic heterocycles. The highest BCUT2D eigenvalue weighted by atomic mass is 32.1. The van der Waals surface area contributed by atoms with Crippen molar-refractivity contribution >= 4 is 103 Å². The number of anilines is 3. The molecule has 234 valence electrons. The van der Waals surface area contributed by atoms with Gasteiger partial charge in [0.25, 0.3) is 0 Å². The smallest absolute Gasteiger partial charge is 0.159 e. The van der Waals surface area contributed by atoms with Crippen molar-refractivity contribution in [2.75, 3.05) is 4.90 Å². The van der Waals surface area contributed by atoms with Gasteiger partial charge in [-0.2, -0.15) is 0 Å². The first-order valence-electron chi connectivity index (χ1n) is 16.8. The molecular formula is C46H27NO2S. The van der Waals surface area contributed by atoms with Crippen molar-refractivity contribution in [3.8, 4) is 11.1 Å². The maximum atomic E-state index is 6.90. The maximum absolute atomic E-state index is 6.90. The minimum absolute atomic E-state index is 0.850. The summed E-state index contributed by atoms with van der Waals surface area (Å²) in [5.74, 6) is 0. The van der Waals surface area contributed by atoms with Crippen molar-refractivity contribution in [2.45, 2.75) is 0 Å². The van der Waals surface area contributed by atoms with Gasteiger partial charge in [0.1, 0.15) is 16.7 Å². The van der Waals surface area contributed by atoms with Crippen molar-refractivity contribution in [1.82, 2.24) is 0 Å². The molecule has 0 unspecified atom stereocenters. The molecule has 0 spiro atoms. The topological polar surface area (TPSA) is 29.5 Å². The van der Waals surface area contributed by atoms with E-state index in [2.05, 4.69) is 157 Å². The Morgan fingerprint density at radius 2 is 1.06 bits per heavy atom. The summed E-state index contributed by atoms with van der Waals surface area (Å²) in [6.45, 7) is 0. The number of fused-ring (bicyclic) bond motifs is 11. The fourth-order valence-corrected chi connectivity index (χ4v) is 8.89. The zero-order valence-electron chi connectivity index (χ0n) is 26.8. The zero-order chi connectivity index (χ0) is 32.8. The predicted octanol–water partition coefficient (Wildman–Crippen LogP) is 14.1. The lowest BCUT2D eigenvalue weighted by Gasteiger charge is -2.26. The molecule has 0 radical (unpaired) electrons. The van der Waals surface area contributed by atoms with Gasteiger partial charge < -0.3 is 13.7 Å². The molecule has 0 aliphatic carbocycles. The molecule has 50 heavy (non-hydrogen) atoms. The van der Waals surface area contributed by atoms with E-state index in [-0.39, 0.29) is 0 Å². The molecule has 3 nitrogen and oxygen atoms in total. The highest BCUT2D eigenvalue weighted by Crippen LogP contribution is 2.47. The van der Waals surface area contributed by atoms with Crippen molar-refractivity contribution < 1.29 is 8.83 Å². The van der Waals surface area contributed by atoms with Crippen LogP contribution >= 0.6 is 11.3 Å². The number of hydrogen-bond donors (Lipinski definition) is 0. The van der Waals surface area contributed by atoms with Crippen molar-refractivity contribution in [2.24, 2.45) is 0 Å². The summed E-state index contributed by atoms with van der Waals surface area (Å²) in [7, 11) is 0.